The van der Waals surface area contributed by atoms with Crippen molar-refractivity contribution in [3.63, 3.8) is 0 Å². The SMILES string of the molecule is CC(=NO)c1ccccc1OCc1cccc(C)n1. The van der Waals surface area contributed by atoms with Crippen LogP contribution in [0.2, 0.25) is 0 Å². The van der Waals surface area contributed by atoms with E-state index in [4.69, 9.17) is 9.94 Å². The zero-order chi connectivity index (χ0) is 13.7. The number of oxime groups is 1. The van der Waals surface area contributed by atoms with Crippen LogP contribution in [0.15, 0.2) is 47.6 Å². The minimum atomic E-state index is 0.386. The van der Waals surface area contributed by atoms with Crippen LogP contribution in [0.5, 0.6) is 5.75 Å². The van der Waals surface area contributed by atoms with Gasteiger partial charge in [-0.1, -0.05) is 23.4 Å². The number of hydrogen-bond acceptors (Lipinski definition) is 4. The summed E-state index contributed by atoms with van der Waals surface area (Å²) in [6.45, 7) is 4.06. The molecule has 0 bridgehead atoms. The molecule has 0 atom stereocenters. The largest absolute Gasteiger partial charge is 0.487 e. The molecule has 0 spiro atoms. The first-order valence-corrected chi connectivity index (χ1v) is 6.04. The highest BCUT2D eigenvalue weighted by atomic mass is 16.5. The number of nitrogens with zero attached hydrogens (tertiary/aromatic N) is 2. The fourth-order valence-electron chi connectivity index (χ4n) is 1.78. The van der Waals surface area contributed by atoms with Gasteiger partial charge in [0.1, 0.15) is 12.4 Å². The predicted octanol–water partition coefficient (Wildman–Crippen LogP) is 3.17. The zero-order valence-corrected chi connectivity index (χ0v) is 11.0. The number of benzene rings is 1. The molecule has 19 heavy (non-hydrogen) atoms. The van der Waals surface area contributed by atoms with Gasteiger partial charge in [-0.15, -0.1) is 0 Å². The fraction of sp³-hybridized carbons (Fsp3) is 0.200. The normalized spacial score (nSPS) is 11.4. The van der Waals surface area contributed by atoms with Crippen molar-refractivity contribution in [1.82, 2.24) is 4.98 Å². The number of hydrogen-bond donors (Lipinski definition) is 1. The maximum atomic E-state index is 8.85. The van der Waals surface area contributed by atoms with Crippen LogP contribution in [0.25, 0.3) is 0 Å². The first-order valence-electron chi connectivity index (χ1n) is 6.04. The summed E-state index contributed by atoms with van der Waals surface area (Å²) < 4.78 is 5.75. The molecule has 4 heteroatoms. The molecule has 0 aliphatic carbocycles. The lowest BCUT2D eigenvalue weighted by atomic mass is 10.1. The van der Waals surface area contributed by atoms with Crippen molar-refractivity contribution in [2.24, 2.45) is 5.16 Å². The van der Waals surface area contributed by atoms with E-state index in [1.807, 2.05) is 49.4 Å². The molecule has 1 aromatic heterocycles. The Hall–Kier alpha value is -2.36. The minimum absolute atomic E-state index is 0.386. The van der Waals surface area contributed by atoms with E-state index in [0.717, 1.165) is 17.0 Å². The van der Waals surface area contributed by atoms with Crippen molar-refractivity contribution in [3.8, 4) is 5.75 Å². The van der Waals surface area contributed by atoms with Crippen molar-refractivity contribution < 1.29 is 9.94 Å². The summed E-state index contributed by atoms with van der Waals surface area (Å²) >= 11 is 0. The second-order valence-electron chi connectivity index (χ2n) is 4.24. The van der Waals surface area contributed by atoms with Crippen LogP contribution in [0, 0.1) is 6.92 Å². The molecule has 0 aliphatic rings. The van der Waals surface area contributed by atoms with E-state index in [1.54, 1.807) is 6.92 Å². The van der Waals surface area contributed by atoms with Crippen molar-refractivity contribution >= 4 is 5.71 Å². The molecule has 1 heterocycles. The average molecular weight is 256 g/mol. The highest BCUT2D eigenvalue weighted by Crippen LogP contribution is 2.20. The predicted molar refractivity (Wildman–Crippen MR) is 73.7 cm³/mol. The number of aromatic nitrogens is 1. The maximum absolute atomic E-state index is 8.85. The number of para-hydroxylation sites is 1. The van der Waals surface area contributed by atoms with Crippen LogP contribution in [0.1, 0.15) is 23.9 Å². The lowest BCUT2D eigenvalue weighted by Crippen LogP contribution is -2.03. The Balaban J connectivity index is 2.16. The van der Waals surface area contributed by atoms with Gasteiger partial charge in [0.25, 0.3) is 0 Å². The van der Waals surface area contributed by atoms with E-state index >= 15 is 0 Å². The van der Waals surface area contributed by atoms with Gasteiger partial charge in [0.15, 0.2) is 0 Å². The second kappa shape index (κ2) is 6.00. The smallest absolute Gasteiger partial charge is 0.130 e. The highest BCUT2D eigenvalue weighted by Gasteiger charge is 2.07. The lowest BCUT2D eigenvalue weighted by molar-refractivity contribution is 0.299. The molecule has 0 saturated carbocycles. The standard InChI is InChI=1S/C15H16N2O2/c1-11-6-5-7-13(16-11)10-19-15-9-4-3-8-14(15)12(2)17-18/h3-9,18H,10H2,1-2H3. The Morgan fingerprint density at radius 3 is 2.74 bits per heavy atom. The van der Waals surface area contributed by atoms with Crippen LogP contribution in [-0.2, 0) is 6.61 Å². The summed E-state index contributed by atoms with van der Waals surface area (Å²) in [5.41, 5.74) is 3.13. The monoisotopic (exact) mass is 256 g/mol. The molecule has 1 N–H and O–H groups in total. The number of rotatable bonds is 4. The number of pyridine rings is 1. The van der Waals surface area contributed by atoms with Crippen molar-refractivity contribution in [2.75, 3.05) is 0 Å². The van der Waals surface area contributed by atoms with E-state index in [-0.39, 0.29) is 0 Å². The fourth-order valence-corrected chi connectivity index (χ4v) is 1.78. The molecule has 0 saturated heterocycles. The molecule has 0 aliphatic heterocycles. The van der Waals surface area contributed by atoms with Crippen LogP contribution in [0.3, 0.4) is 0 Å². The van der Waals surface area contributed by atoms with Gasteiger partial charge in [0.2, 0.25) is 0 Å². The topological polar surface area (TPSA) is 54.7 Å². The highest BCUT2D eigenvalue weighted by molar-refractivity contribution is 6.00. The molecular weight excluding hydrogens is 240 g/mol. The van der Waals surface area contributed by atoms with Gasteiger partial charge in [-0.05, 0) is 38.1 Å². The van der Waals surface area contributed by atoms with E-state index in [1.165, 1.54) is 0 Å². The summed E-state index contributed by atoms with van der Waals surface area (Å²) in [6.07, 6.45) is 0. The van der Waals surface area contributed by atoms with Crippen LogP contribution < -0.4 is 4.74 Å². The Bertz CT molecular complexity index is 594. The van der Waals surface area contributed by atoms with Gasteiger partial charge in [0.05, 0.1) is 11.4 Å². The molecule has 2 aromatic rings. The Morgan fingerprint density at radius 1 is 1.21 bits per heavy atom. The molecular formula is C15H16N2O2. The van der Waals surface area contributed by atoms with Crippen molar-refractivity contribution in [3.05, 3.63) is 59.4 Å². The first kappa shape index (κ1) is 13.1. The van der Waals surface area contributed by atoms with Gasteiger partial charge in [0, 0.05) is 11.3 Å². The van der Waals surface area contributed by atoms with Gasteiger partial charge >= 0.3 is 0 Å². The summed E-state index contributed by atoms with van der Waals surface area (Å²) in [5, 5.41) is 12.1. The minimum Gasteiger partial charge on any atom is -0.487 e. The molecule has 0 amide bonds. The first-order chi connectivity index (χ1) is 9.20. The van der Waals surface area contributed by atoms with Crippen molar-refractivity contribution in [2.45, 2.75) is 20.5 Å². The van der Waals surface area contributed by atoms with Crippen LogP contribution >= 0.6 is 0 Å². The second-order valence-corrected chi connectivity index (χ2v) is 4.24. The molecule has 0 unspecified atom stereocenters. The van der Waals surface area contributed by atoms with E-state index in [2.05, 4.69) is 10.1 Å². The third kappa shape index (κ3) is 3.31. The molecule has 1 aromatic carbocycles. The quantitative estimate of drug-likeness (QED) is 0.519. The van der Waals surface area contributed by atoms with Gasteiger partial charge in [-0.25, -0.2) is 0 Å². The molecule has 0 radical (unpaired) electrons. The van der Waals surface area contributed by atoms with E-state index in [0.29, 0.717) is 18.1 Å². The third-order valence-electron chi connectivity index (χ3n) is 2.75. The molecule has 2 rings (SSSR count). The Kier molecular flexibility index (Phi) is 4.13. The summed E-state index contributed by atoms with van der Waals surface area (Å²) in [7, 11) is 0. The van der Waals surface area contributed by atoms with E-state index in [9.17, 15) is 0 Å². The van der Waals surface area contributed by atoms with Gasteiger partial charge in [-0.2, -0.15) is 0 Å². The number of ether oxygens (including phenoxy) is 1. The lowest BCUT2D eigenvalue weighted by Gasteiger charge is -2.10. The Labute approximate surface area is 112 Å². The molecule has 4 nitrogen and oxygen atoms in total. The maximum Gasteiger partial charge on any atom is 0.130 e. The molecule has 0 fully saturated rings. The summed E-state index contributed by atoms with van der Waals surface area (Å²) in [6, 6.07) is 13.3. The van der Waals surface area contributed by atoms with Crippen LogP contribution in [-0.4, -0.2) is 15.9 Å². The Morgan fingerprint density at radius 2 is 2.00 bits per heavy atom. The number of aryl methyl sites for hydroxylation is 1. The zero-order valence-electron chi connectivity index (χ0n) is 11.0. The van der Waals surface area contributed by atoms with Gasteiger partial charge < -0.3 is 9.94 Å². The van der Waals surface area contributed by atoms with Gasteiger partial charge in [-0.3, -0.25) is 4.98 Å². The molecule has 98 valence electrons. The summed E-state index contributed by atoms with van der Waals surface area (Å²) in [5.74, 6) is 0.682. The summed E-state index contributed by atoms with van der Waals surface area (Å²) in [4.78, 5) is 4.38. The third-order valence-corrected chi connectivity index (χ3v) is 2.75. The average Bonchev–Trinajstić information content (AvgIpc) is 2.45. The van der Waals surface area contributed by atoms with Crippen molar-refractivity contribution in [1.29, 1.82) is 0 Å². The van der Waals surface area contributed by atoms with Crippen LogP contribution in [0.4, 0.5) is 0 Å². The van der Waals surface area contributed by atoms with E-state index < -0.39 is 0 Å².